The van der Waals surface area contributed by atoms with Crippen molar-refractivity contribution in [1.29, 1.82) is 0 Å². The molecule has 2 aromatic rings. The third-order valence-electron chi connectivity index (χ3n) is 3.94. The fourth-order valence-electron chi connectivity index (χ4n) is 2.92. The Labute approximate surface area is 123 Å². The van der Waals surface area contributed by atoms with Gasteiger partial charge in [0, 0.05) is 23.7 Å². The number of hydrogen-bond acceptors (Lipinski definition) is 3. The molecule has 1 unspecified atom stereocenters. The van der Waals surface area contributed by atoms with Crippen molar-refractivity contribution in [3.63, 3.8) is 0 Å². The van der Waals surface area contributed by atoms with Gasteiger partial charge in [-0.15, -0.1) is 0 Å². The van der Waals surface area contributed by atoms with Gasteiger partial charge in [0.15, 0.2) is 5.43 Å². The molecule has 0 N–H and O–H groups in total. The molecule has 0 bridgehead atoms. The molecule has 0 amide bonds. The molecular formula is C16H18ClNO2. The summed E-state index contributed by atoms with van der Waals surface area (Å²) in [7, 11) is 0. The first-order valence-electron chi connectivity index (χ1n) is 7.06. The van der Waals surface area contributed by atoms with E-state index < -0.39 is 0 Å². The molecule has 1 aromatic heterocycles. The normalized spacial score (nSPS) is 20.4. The van der Waals surface area contributed by atoms with Gasteiger partial charge < -0.3 is 4.42 Å². The number of likely N-dealkylation sites (tertiary alicyclic amines) is 1. The molecule has 1 aliphatic rings. The maximum Gasteiger partial charge on any atom is 0.197 e. The van der Waals surface area contributed by atoms with Crippen LogP contribution in [-0.2, 0) is 6.54 Å². The molecule has 0 aliphatic carbocycles. The van der Waals surface area contributed by atoms with Gasteiger partial charge >= 0.3 is 0 Å². The van der Waals surface area contributed by atoms with Crippen molar-refractivity contribution >= 4 is 22.6 Å². The van der Waals surface area contributed by atoms with Gasteiger partial charge in [0.1, 0.15) is 5.58 Å². The van der Waals surface area contributed by atoms with E-state index in [1.54, 1.807) is 24.5 Å². The summed E-state index contributed by atoms with van der Waals surface area (Å²) in [5, 5.41) is 1.13. The highest BCUT2D eigenvalue weighted by Crippen LogP contribution is 2.20. The molecule has 1 aliphatic heterocycles. The van der Waals surface area contributed by atoms with Gasteiger partial charge in [0.2, 0.25) is 0 Å². The Bertz CT molecular complexity index is 680. The number of nitrogens with zero attached hydrogens (tertiary/aromatic N) is 1. The molecule has 3 nitrogen and oxygen atoms in total. The van der Waals surface area contributed by atoms with E-state index >= 15 is 0 Å². The second kappa shape index (κ2) is 5.58. The monoisotopic (exact) mass is 291 g/mol. The largest absolute Gasteiger partial charge is 0.464 e. The first kappa shape index (κ1) is 13.7. The Morgan fingerprint density at radius 2 is 2.30 bits per heavy atom. The van der Waals surface area contributed by atoms with E-state index in [1.165, 1.54) is 12.8 Å². The van der Waals surface area contributed by atoms with E-state index in [1.807, 2.05) is 0 Å². The lowest BCUT2D eigenvalue weighted by Crippen LogP contribution is -2.35. The van der Waals surface area contributed by atoms with Crippen LogP contribution in [0.1, 0.15) is 25.3 Å². The first-order chi connectivity index (χ1) is 9.63. The molecule has 3 rings (SSSR count). The Morgan fingerprint density at radius 1 is 1.45 bits per heavy atom. The van der Waals surface area contributed by atoms with Gasteiger partial charge in [0.05, 0.1) is 11.6 Å². The van der Waals surface area contributed by atoms with Crippen molar-refractivity contribution in [2.75, 3.05) is 13.1 Å². The van der Waals surface area contributed by atoms with Gasteiger partial charge in [-0.25, -0.2) is 0 Å². The second-order valence-corrected chi connectivity index (χ2v) is 6.15. The maximum atomic E-state index is 12.5. The van der Waals surface area contributed by atoms with E-state index in [2.05, 4.69) is 11.8 Å². The van der Waals surface area contributed by atoms with Crippen molar-refractivity contribution in [1.82, 2.24) is 4.90 Å². The van der Waals surface area contributed by atoms with Crippen molar-refractivity contribution in [3.05, 3.63) is 45.3 Å². The minimum Gasteiger partial charge on any atom is -0.464 e. The van der Waals surface area contributed by atoms with Crippen LogP contribution in [0.15, 0.2) is 33.7 Å². The highest BCUT2D eigenvalue weighted by molar-refractivity contribution is 6.31. The third-order valence-corrected chi connectivity index (χ3v) is 4.18. The predicted molar refractivity (Wildman–Crippen MR) is 81.2 cm³/mol. The van der Waals surface area contributed by atoms with Crippen LogP contribution in [0.4, 0.5) is 0 Å². The molecule has 1 aromatic carbocycles. The molecular weight excluding hydrogens is 274 g/mol. The molecule has 2 heterocycles. The quantitative estimate of drug-likeness (QED) is 0.846. The molecule has 106 valence electrons. The summed E-state index contributed by atoms with van der Waals surface area (Å²) >= 11 is 5.96. The summed E-state index contributed by atoms with van der Waals surface area (Å²) in [4.78, 5) is 14.8. The molecule has 0 spiro atoms. The van der Waals surface area contributed by atoms with Crippen LogP contribution in [0.5, 0.6) is 0 Å². The highest BCUT2D eigenvalue weighted by atomic mass is 35.5. The van der Waals surface area contributed by atoms with Crippen molar-refractivity contribution in [2.45, 2.75) is 26.3 Å². The zero-order valence-corrected chi connectivity index (χ0v) is 12.3. The Balaban J connectivity index is 1.92. The van der Waals surface area contributed by atoms with Crippen LogP contribution >= 0.6 is 11.6 Å². The van der Waals surface area contributed by atoms with E-state index in [0.29, 0.717) is 34.0 Å². The Morgan fingerprint density at radius 3 is 3.10 bits per heavy atom. The standard InChI is InChI=1S/C16H18ClNO2/c1-11-3-2-6-18(8-11)9-12-10-20-15-5-4-13(17)7-14(15)16(12)19/h4-5,7,10-11H,2-3,6,8-9H2,1H3. The average molecular weight is 292 g/mol. The maximum absolute atomic E-state index is 12.5. The third kappa shape index (κ3) is 2.74. The molecule has 4 heteroatoms. The molecule has 0 saturated carbocycles. The summed E-state index contributed by atoms with van der Waals surface area (Å²) in [6.45, 7) is 5.02. The summed E-state index contributed by atoms with van der Waals surface area (Å²) < 4.78 is 5.56. The van der Waals surface area contributed by atoms with E-state index in [9.17, 15) is 4.79 Å². The van der Waals surface area contributed by atoms with Gasteiger partial charge in [-0.05, 0) is 43.5 Å². The van der Waals surface area contributed by atoms with Crippen LogP contribution in [0, 0.1) is 5.92 Å². The van der Waals surface area contributed by atoms with Gasteiger partial charge in [0.25, 0.3) is 0 Å². The lowest BCUT2D eigenvalue weighted by molar-refractivity contribution is 0.175. The lowest BCUT2D eigenvalue weighted by atomic mass is 10.00. The summed E-state index contributed by atoms with van der Waals surface area (Å²) in [5.41, 5.74) is 1.34. The van der Waals surface area contributed by atoms with E-state index in [4.69, 9.17) is 16.0 Å². The number of benzene rings is 1. The smallest absolute Gasteiger partial charge is 0.197 e. The summed E-state index contributed by atoms with van der Waals surface area (Å²) in [6.07, 6.45) is 4.07. The number of piperidine rings is 1. The minimum atomic E-state index is 0.0342. The predicted octanol–water partition coefficient (Wildman–Crippen LogP) is 3.68. The second-order valence-electron chi connectivity index (χ2n) is 5.71. The molecule has 1 atom stereocenters. The van der Waals surface area contributed by atoms with Crippen LogP contribution in [0.3, 0.4) is 0 Å². The molecule has 1 fully saturated rings. The number of rotatable bonds is 2. The van der Waals surface area contributed by atoms with Crippen LogP contribution in [0.2, 0.25) is 5.02 Å². The summed E-state index contributed by atoms with van der Waals surface area (Å²) in [5.74, 6) is 0.700. The van der Waals surface area contributed by atoms with Crippen LogP contribution < -0.4 is 5.43 Å². The topological polar surface area (TPSA) is 33.5 Å². The van der Waals surface area contributed by atoms with Crippen molar-refractivity contribution < 1.29 is 4.42 Å². The van der Waals surface area contributed by atoms with E-state index in [-0.39, 0.29) is 5.43 Å². The van der Waals surface area contributed by atoms with Crippen molar-refractivity contribution in [3.8, 4) is 0 Å². The van der Waals surface area contributed by atoms with Gasteiger partial charge in [-0.3, -0.25) is 9.69 Å². The SMILES string of the molecule is CC1CCCN(Cc2coc3ccc(Cl)cc3c2=O)C1. The zero-order chi connectivity index (χ0) is 14.1. The fraction of sp³-hybridized carbons (Fsp3) is 0.438. The molecule has 0 radical (unpaired) electrons. The number of fused-ring (bicyclic) bond motifs is 1. The number of hydrogen-bond donors (Lipinski definition) is 0. The number of halogens is 1. The van der Waals surface area contributed by atoms with Gasteiger partial charge in [-0.2, -0.15) is 0 Å². The Hall–Kier alpha value is -1.32. The van der Waals surface area contributed by atoms with Crippen LogP contribution in [-0.4, -0.2) is 18.0 Å². The molecule has 1 saturated heterocycles. The first-order valence-corrected chi connectivity index (χ1v) is 7.43. The Kier molecular flexibility index (Phi) is 3.81. The average Bonchev–Trinajstić information content (AvgIpc) is 2.43. The zero-order valence-electron chi connectivity index (χ0n) is 11.6. The summed E-state index contributed by atoms with van der Waals surface area (Å²) in [6, 6.07) is 5.16. The van der Waals surface area contributed by atoms with E-state index in [0.717, 1.165) is 13.1 Å². The lowest BCUT2D eigenvalue weighted by Gasteiger charge is -2.30. The fourth-order valence-corrected chi connectivity index (χ4v) is 3.10. The highest BCUT2D eigenvalue weighted by Gasteiger charge is 2.18. The van der Waals surface area contributed by atoms with Gasteiger partial charge in [-0.1, -0.05) is 18.5 Å². The minimum absolute atomic E-state index is 0.0342. The van der Waals surface area contributed by atoms with Crippen LogP contribution in [0.25, 0.3) is 11.0 Å². The van der Waals surface area contributed by atoms with Crippen molar-refractivity contribution in [2.24, 2.45) is 5.92 Å². The molecule has 20 heavy (non-hydrogen) atoms.